The van der Waals surface area contributed by atoms with Crippen LogP contribution in [0.2, 0.25) is 0 Å². The van der Waals surface area contributed by atoms with E-state index in [-0.39, 0.29) is 23.1 Å². The fraction of sp³-hybridized carbons (Fsp3) is 0.190. The summed E-state index contributed by atoms with van der Waals surface area (Å²) in [6.07, 6.45) is -2.85. The molecular weight excluding hydrogens is 417 g/mol. The van der Waals surface area contributed by atoms with Crippen molar-refractivity contribution < 1.29 is 23.1 Å². The molecule has 0 aliphatic carbocycles. The van der Waals surface area contributed by atoms with Gasteiger partial charge in [-0.15, -0.1) is 11.8 Å². The molecule has 5 nitrogen and oxygen atoms in total. The maximum atomic E-state index is 13.4. The van der Waals surface area contributed by atoms with Gasteiger partial charge in [-0.2, -0.15) is 13.2 Å². The van der Waals surface area contributed by atoms with Crippen LogP contribution in [0.25, 0.3) is 5.69 Å². The van der Waals surface area contributed by atoms with Gasteiger partial charge in [0, 0.05) is 35.0 Å². The molecule has 1 aromatic carbocycles. The van der Waals surface area contributed by atoms with Crippen LogP contribution in [0.3, 0.4) is 0 Å². The van der Waals surface area contributed by atoms with Crippen LogP contribution < -0.4 is 5.43 Å². The quantitative estimate of drug-likeness (QED) is 0.638. The molecule has 1 atom stereocenters. The Morgan fingerprint density at radius 2 is 2.00 bits per heavy atom. The Bertz CT molecular complexity index is 1210. The van der Waals surface area contributed by atoms with Crippen LogP contribution >= 0.6 is 11.8 Å². The molecule has 4 rings (SSSR count). The second-order valence-corrected chi connectivity index (χ2v) is 8.10. The molecule has 0 saturated carbocycles. The number of carboxylic acids is 1. The molecule has 0 unspecified atom stereocenters. The van der Waals surface area contributed by atoms with Gasteiger partial charge >= 0.3 is 12.1 Å². The molecule has 1 N–H and O–H groups in total. The summed E-state index contributed by atoms with van der Waals surface area (Å²) in [6, 6.07) is 9.81. The van der Waals surface area contributed by atoms with Gasteiger partial charge in [0.25, 0.3) is 0 Å². The molecule has 3 aromatic rings. The number of aryl methyl sites for hydroxylation is 1. The summed E-state index contributed by atoms with van der Waals surface area (Å²) in [5.74, 6) is -1.41. The molecule has 1 aliphatic heterocycles. The van der Waals surface area contributed by atoms with Crippen LogP contribution in [0.5, 0.6) is 0 Å². The number of thioether (sulfide) groups is 1. The van der Waals surface area contributed by atoms with E-state index in [2.05, 4.69) is 4.98 Å². The number of hydrogen-bond acceptors (Lipinski definition) is 4. The summed E-state index contributed by atoms with van der Waals surface area (Å²) in [5.41, 5.74) is -0.593. The van der Waals surface area contributed by atoms with Crippen molar-refractivity contribution in [3.05, 3.63) is 87.1 Å². The predicted molar refractivity (Wildman–Crippen MR) is 105 cm³/mol. The summed E-state index contributed by atoms with van der Waals surface area (Å²) >= 11 is 1.30. The molecule has 0 spiro atoms. The van der Waals surface area contributed by atoms with Gasteiger partial charge in [-0.1, -0.05) is 6.07 Å². The van der Waals surface area contributed by atoms with Gasteiger partial charge < -0.3 is 9.67 Å². The third-order valence-corrected chi connectivity index (χ3v) is 6.20. The van der Waals surface area contributed by atoms with Crippen LogP contribution in [-0.2, 0) is 12.6 Å². The molecule has 30 heavy (non-hydrogen) atoms. The number of fused-ring (bicyclic) bond motifs is 3. The van der Waals surface area contributed by atoms with Gasteiger partial charge in [0.2, 0.25) is 0 Å². The Hall–Kier alpha value is -3.07. The highest BCUT2D eigenvalue weighted by Crippen LogP contribution is 2.45. The van der Waals surface area contributed by atoms with Crippen molar-refractivity contribution in [3.63, 3.8) is 0 Å². The lowest BCUT2D eigenvalue weighted by molar-refractivity contribution is -0.137. The topological polar surface area (TPSA) is 72.2 Å². The Balaban J connectivity index is 2.05. The monoisotopic (exact) mass is 432 g/mol. The van der Waals surface area contributed by atoms with Crippen LogP contribution in [0, 0.1) is 6.92 Å². The molecule has 9 heteroatoms. The van der Waals surface area contributed by atoms with E-state index in [1.54, 1.807) is 31.3 Å². The highest BCUT2D eigenvalue weighted by Gasteiger charge is 2.34. The van der Waals surface area contributed by atoms with Crippen molar-refractivity contribution in [1.82, 2.24) is 9.55 Å². The average Bonchev–Trinajstić information content (AvgIpc) is 2.84. The summed E-state index contributed by atoms with van der Waals surface area (Å²) in [7, 11) is 0. The largest absolute Gasteiger partial charge is 0.477 e. The first-order chi connectivity index (χ1) is 14.2. The second-order valence-electron chi connectivity index (χ2n) is 6.86. The standard InChI is InChI=1S/C21H15F3N2O3S/c1-11-8-16(27)19(20(28)29)15-10-18(13-4-2-3-7-25-13)30-17-6-5-12(21(22,23)24)9-14(17)26(11)15/h2-9,18H,10H2,1H3,(H,28,29)/t18-/m0/s1. The summed E-state index contributed by atoms with van der Waals surface area (Å²) in [5, 5.41) is 9.30. The van der Waals surface area contributed by atoms with Gasteiger partial charge in [-0.05, 0) is 37.3 Å². The van der Waals surface area contributed by atoms with Gasteiger partial charge in [0.05, 0.1) is 22.2 Å². The zero-order chi connectivity index (χ0) is 21.6. The van der Waals surface area contributed by atoms with E-state index in [9.17, 15) is 27.9 Å². The highest BCUT2D eigenvalue weighted by atomic mass is 32.2. The molecule has 2 aromatic heterocycles. The van der Waals surface area contributed by atoms with Crippen molar-refractivity contribution in [2.75, 3.05) is 0 Å². The highest BCUT2D eigenvalue weighted by molar-refractivity contribution is 7.99. The zero-order valence-corrected chi connectivity index (χ0v) is 16.4. The molecule has 0 amide bonds. The van der Waals surface area contributed by atoms with E-state index in [4.69, 9.17) is 0 Å². The minimum Gasteiger partial charge on any atom is -0.477 e. The van der Waals surface area contributed by atoms with Crippen LogP contribution in [0.4, 0.5) is 13.2 Å². The van der Waals surface area contributed by atoms with Crippen LogP contribution in [0.15, 0.2) is 58.4 Å². The second kappa shape index (κ2) is 7.32. The zero-order valence-electron chi connectivity index (χ0n) is 15.6. The Morgan fingerprint density at radius 1 is 1.23 bits per heavy atom. The van der Waals surface area contributed by atoms with Crippen LogP contribution in [0.1, 0.15) is 38.3 Å². The number of halogens is 3. The molecular formula is C21H15F3N2O3S. The lowest BCUT2D eigenvalue weighted by Gasteiger charge is -2.19. The maximum Gasteiger partial charge on any atom is 0.416 e. The Morgan fingerprint density at radius 3 is 2.63 bits per heavy atom. The number of alkyl halides is 3. The third-order valence-electron chi connectivity index (χ3n) is 4.90. The van der Waals surface area contributed by atoms with Gasteiger partial charge in [-0.3, -0.25) is 9.78 Å². The lowest BCUT2D eigenvalue weighted by atomic mass is 10.0. The average molecular weight is 432 g/mol. The molecule has 1 aliphatic rings. The smallest absolute Gasteiger partial charge is 0.416 e. The van der Waals surface area contributed by atoms with Gasteiger partial charge in [0.1, 0.15) is 5.56 Å². The van der Waals surface area contributed by atoms with E-state index in [1.165, 1.54) is 22.4 Å². The SMILES string of the molecule is Cc1cc(=O)c(C(=O)O)c2n1-c1cc(C(F)(F)F)ccc1S[C@H](c1ccccn1)C2. The number of aromatic carboxylic acids is 1. The first kappa shape index (κ1) is 20.2. The number of carboxylic acid groups (broad SMARTS) is 1. The Labute approximate surface area is 173 Å². The molecule has 154 valence electrons. The first-order valence-corrected chi connectivity index (χ1v) is 9.83. The number of rotatable bonds is 2. The molecule has 0 saturated heterocycles. The van der Waals surface area contributed by atoms with E-state index in [0.29, 0.717) is 16.3 Å². The van der Waals surface area contributed by atoms with Crippen molar-refractivity contribution in [1.29, 1.82) is 0 Å². The lowest BCUT2D eigenvalue weighted by Crippen LogP contribution is -2.24. The summed E-state index contributed by atoms with van der Waals surface area (Å²) < 4.78 is 41.6. The van der Waals surface area contributed by atoms with E-state index < -0.39 is 28.7 Å². The molecule has 3 heterocycles. The minimum absolute atomic E-state index is 0.121. The predicted octanol–water partition coefficient (Wildman–Crippen LogP) is 4.65. The first-order valence-electron chi connectivity index (χ1n) is 8.95. The normalized spacial score (nSPS) is 15.8. The molecule has 0 fully saturated rings. The van der Waals surface area contributed by atoms with E-state index in [0.717, 1.165) is 18.2 Å². The number of aromatic nitrogens is 2. The number of hydrogen-bond donors (Lipinski definition) is 1. The maximum absolute atomic E-state index is 13.4. The van der Waals surface area contributed by atoms with E-state index in [1.807, 2.05) is 0 Å². The number of carbonyl (C=O) groups is 1. The summed E-state index contributed by atoms with van der Waals surface area (Å²) in [6.45, 7) is 1.58. The van der Waals surface area contributed by atoms with Crippen molar-refractivity contribution in [2.24, 2.45) is 0 Å². The van der Waals surface area contributed by atoms with Gasteiger partial charge in [-0.25, -0.2) is 4.79 Å². The number of benzene rings is 1. The number of pyridine rings is 2. The van der Waals surface area contributed by atoms with Crippen molar-refractivity contribution in [2.45, 2.75) is 29.7 Å². The summed E-state index contributed by atoms with van der Waals surface area (Å²) in [4.78, 5) is 29.2. The van der Waals surface area contributed by atoms with Crippen molar-refractivity contribution in [3.8, 4) is 5.69 Å². The third kappa shape index (κ3) is 3.49. The fourth-order valence-electron chi connectivity index (χ4n) is 3.62. The molecule has 0 bridgehead atoms. The molecule has 0 radical (unpaired) electrons. The minimum atomic E-state index is -4.56. The van der Waals surface area contributed by atoms with Crippen molar-refractivity contribution >= 4 is 17.7 Å². The van der Waals surface area contributed by atoms with Gasteiger partial charge in [0.15, 0.2) is 5.43 Å². The Kier molecular flexibility index (Phi) is 4.93. The number of nitrogens with zero attached hydrogens (tertiary/aromatic N) is 2. The van der Waals surface area contributed by atoms with Crippen LogP contribution in [-0.4, -0.2) is 20.6 Å². The van der Waals surface area contributed by atoms with E-state index >= 15 is 0 Å². The fourth-order valence-corrected chi connectivity index (χ4v) is 4.85.